The van der Waals surface area contributed by atoms with Crippen LogP contribution in [0.5, 0.6) is 0 Å². The van der Waals surface area contributed by atoms with Crippen molar-refractivity contribution in [1.29, 1.82) is 0 Å². The van der Waals surface area contributed by atoms with E-state index in [0.29, 0.717) is 10.2 Å². The molecule has 2 atom stereocenters. The average molecular weight is 578 g/mol. The molecule has 2 heterocycles. The normalized spacial score (nSPS) is 21.8. The first-order chi connectivity index (χ1) is 16.0. The quantitative estimate of drug-likeness (QED) is 0.171. The molecule has 1 fully saturated rings. The summed E-state index contributed by atoms with van der Waals surface area (Å²) in [5.74, 6) is -0.817. The van der Waals surface area contributed by atoms with Crippen LogP contribution in [-0.2, 0) is 36.9 Å². The van der Waals surface area contributed by atoms with Crippen molar-refractivity contribution >= 4 is 52.1 Å². The fourth-order valence-corrected chi connectivity index (χ4v) is 6.29. The minimum Gasteiger partial charge on any atom is -0.456 e. The number of β-lactam (4-membered cyclic amide) rings is 1. The van der Waals surface area contributed by atoms with Gasteiger partial charge in [0.25, 0.3) is 11.6 Å². The molecule has 172 valence electrons. The highest BCUT2D eigenvalue weighted by Crippen LogP contribution is 2.47. The smallest absolute Gasteiger partial charge is 0.355 e. The van der Waals surface area contributed by atoms with Crippen molar-refractivity contribution in [3.63, 3.8) is 0 Å². The Labute approximate surface area is 210 Å². The highest BCUT2D eigenvalue weighted by molar-refractivity contribution is 14.1. The number of fused-ring (bicyclic) bond motifs is 1. The Morgan fingerprint density at radius 1 is 1.12 bits per heavy atom. The van der Waals surface area contributed by atoms with Crippen LogP contribution in [0.25, 0.3) is 0 Å². The zero-order valence-electron chi connectivity index (χ0n) is 18.0. The number of benzene rings is 2. The van der Waals surface area contributed by atoms with Crippen molar-refractivity contribution < 1.29 is 23.9 Å². The van der Waals surface area contributed by atoms with Gasteiger partial charge < -0.3 is 14.8 Å². The van der Waals surface area contributed by atoms with Gasteiger partial charge in [0.2, 0.25) is 5.91 Å². The molecule has 0 spiro atoms. The molecule has 0 bridgehead atoms. The summed E-state index contributed by atoms with van der Waals surface area (Å²) < 4.78 is 11.7. The monoisotopic (exact) mass is 578 g/mol. The van der Waals surface area contributed by atoms with E-state index in [0.717, 1.165) is 16.7 Å². The van der Waals surface area contributed by atoms with Gasteiger partial charge in [0.05, 0.1) is 6.42 Å². The highest BCUT2D eigenvalue weighted by atomic mass is 127. The van der Waals surface area contributed by atoms with E-state index in [1.54, 1.807) is 0 Å². The van der Waals surface area contributed by atoms with E-state index in [-0.39, 0.29) is 24.6 Å². The molecule has 9 heteroatoms. The van der Waals surface area contributed by atoms with E-state index >= 15 is 0 Å². The molecule has 0 radical (unpaired) electrons. The van der Waals surface area contributed by atoms with Gasteiger partial charge in [-0.25, -0.2) is 4.79 Å². The van der Waals surface area contributed by atoms with Crippen molar-refractivity contribution in [2.24, 2.45) is 0 Å². The Hall–Kier alpha value is -2.37. The number of hydrogen-bond acceptors (Lipinski definition) is 6. The number of hydrogen-bond donors (Lipinski definition) is 1. The summed E-state index contributed by atoms with van der Waals surface area (Å²) in [5, 5.41) is 2.22. The second-order valence-electron chi connectivity index (χ2n) is 7.64. The first-order valence-electron chi connectivity index (χ1n) is 10.3. The largest absolute Gasteiger partial charge is 0.456 e. The van der Waals surface area contributed by atoms with Crippen LogP contribution in [0.1, 0.15) is 11.1 Å². The zero-order valence-corrected chi connectivity index (χ0v) is 20.9. The molecule has 33 heavy (non-hydrogen) atoms. The Morgan fingerprint density at radius 3 is 2.36 bits per heavy atom. The van der Waals surface area contributed by atoms with Crippen LogP contribution in [0.15, 0.2) is 71.9 Å². The van der Waals surface area contributed by atoms with Crippen molar-refractivity contribution in [2.75, 3.05) is 17.3 Å². The first-order valence-corrected chi connectivity index (χ1v) is 12.9. The molecule has 1 saturated heterocycles. The van der Waals surface area contributed by atoms with E-state index in [9.17, 15) is 14.4 Å². The molecule has 7 nitrogen and oxygen atoms in total. The lowest BCUT2D eigenvalue weighted by atomic mass is 9.98. The Kier molecular flexibility index (Phi) is 7.40. The minimum absolute atomic E-state index is 0.112. The second-order valence-corrected chi connectivity index (χ2v) is 9.47. The Balaban J connectivity index is 1.51. The number of halogens is 1. The molecule has 2 aromatic carbocycles. The molecule has 2 aromatic rings. The maximum Gasteiger partial charge on any atom is 0.355 e. The number of carbonyl (C=O) groups is 3. The summed E-state index contributed by atoms with van der Waals surface area (Å²) in [4.78, 5) is 40.5. The zero-order chi connectivity index (χ0) is 23.4. The number of carbonyl (C=O) groups excluding carboxylic acids is 3. The minimum atomic E-state index is -1.52. The highest BCUT2D eigenvalue weighted by Gasteiger charge is 2.66. The van der Waals surface area contributed by atoms with Gasteiger partial charge in [-0.05, 0) is 16.7 Å². The van der Waals surface area contributed by atoms with Gasteiger partial charge >= 0.3 is 5.97 Å². The van der Waals surface area contributed by atoms with Gasteiger partial charge in [-0.1, -0.05) is 83.3 Å². The summed E-state index contributed by atoms with van der Waals surface area (Å²) in [6, 6.07) is 18.6. The summed E-state index contributed by atoms with van der Waals surface area (Å²) in [5.41, 5.74) is 1.25. The number of esters is 1. The standard InChI is InChI=1S/C24H23IN2O5S/c1-31-24(26-19(28)12-16-8-4-2-5-9-16)22(30)27-20(18(13-25)15-33-23(24)27)21(29)32-14-17-10-6-3-7-11-17/h2-11,23H,12-15H2,1H3,(H,26,28)/t23-,24?/m0/s1. The molecule has 0 saturated carbocycles. The van der Waals surface area contributed by atoms with E-state index in [4.69, 9.17) is 9.47 Å². The number of nitrogens with zero attached hydrogens (tertiary/aromatic N) is 1. The lowest BCUT2D eigenvalue weighted by Crippen LogP contribution is -2.80. The van der Waals surface area contributed by atoms with Crippen molar-refractivity contribution in [2.45, 2.75) is 24.1 Å². The van der Waals surface area contributed by atoms with E-state index in [1.165, 1.54) is 23.8 Å². The fraction of sp³-hybridized carbons (Fsp3) is 0.292. The third-order valence-electron chi connectivity index (χ3n) is 5.53. The van der Waals surface area contributed by atoms with E-state index in [1.807, 2.05) is 60.7 Å². The van der Waals surface area contributed by atoms with Gasteiger partial charge in [0.1, 0.15) is 17.7 Å². The molecule has 0 aromatic heterocycles. The number of amides is 2. The van der Waals surface area contributed by atoms with E-state index < -0.39 is 23.0 Å². The van der Waals surface area contributed by atoms with Crippen LogP contribution in [0, 0.1) is 0 Å². The molecule has 2 aliphatic heterocycles. The number of thioether (sulfide) groups is 1. The topological polar surface area (TPSA) is 84.9 Å². The van der Waals surface area contributed by atoms with Gasteiger partial charge in [-0.15, -0.1) is 11.8 Å². The van der Waals surface area contributed by atoms with Crippen molar-refractivity contribution in [3.05, 3.63) is 83.1 Å². The SMILES string of the molecule is COC1(NC(=O)Cc2ccccc2)C(=O)N2C(C(=O)OCc3ccccc3)=C(CI)CS[C@H]21. The average Bonchev–Trinajstić information content (AvgIpc) is 2.85. The molecule has 2 amide bonds. The third-order valence-corrected chi connectivity index (χ3v) is 7.83. The number of alkyl halides is 1. The van der Waals surface area contributed by atoms with Crippen LogP contribution in [0.2, 0.25) is 0 Å². The van der Waals surface area contributed by atoms with Crippen molar-refractivity contribution in [1.82, 2.24) is 10.2 Å². The molecular weight excluding hydrogens is 555 g/mol. The summed E-state index contributed by atoms with van der Waals surface area (Å²) >= 11 is 3.64. The van der Waals surface area contributed by atoms with E-state index in [2.05, 4.69) is 27.9 Å². The van der Waals surface area contributed by atoms with Crippen LogP contribution in [-0.4, -0.2) is 51.1 Å². The predicted molar refractivity (Wildman–Crippen MR) is 133 cm³/mol. The number of nitrogens with one attached hydrogen (secondary N) is 1. The van der Waals surface area contributed by atoms with Crippen LogP contribution >= 0.6 is 34.4 Å². The van der Waals surface area contributed by atoms with Crippen LogP contribution in [0.3, 0.4) is 0 Å². The lowest BCUT2D eigenvalue weighted by molar-refractivity contribution is -0.193. The first kappa shape index (κ1) is 23.8. The Morgan fingerprint density at radius 2 is 1.76 bits per heavy atom. The number of rotatable bonds is 8. The molecule has 1 unspecified atom stereocenters. The van der Waals surface area contributed by atoms with Gasteiger partial charge in [0.15, 0.2) is 0 Å². The lowest BCUT2D eigenvalue weighted by Gasteiger charge is -2.56. The summed E-state index contributed by atoms with van der Waals surface area (Å²) in [6.07, 6.45) is 0.122. The second kappa shape index (κ2) is 10.3. The maximum absolute atomic E-state index is 13.3. The summed E-state index contributed by atoms with van der Waals surface area (Å²) in [6.45, 7) is 0.112. The predicted octanol–water partition coefficient (Wildman–Crippen LogP) is 3.04. The van der Waals surface area contributed by atoms with Crippen LogP contribution in [0.4, 0.5) is 0 Å². The van der Waals surface area contributed by atoms with Crippen LogP contribution < -0.4 is 5.32 Å². The maximum atomic E-state index is 13.3. The van der Waals surface area contributed by atoms with Crippen molar-refractivity contribution in [3.8, 4) is 0 Å². The molecule has 4 rings (SSSR count). The fourth-order valence-electron chi connectivity index (χ4n) is 3.86. The van der Waals surface area contributed by atoms with Gasteiger partial charge in [-0.2, -0.15) is 0 Å². The Bertz CT molecular complexity index is 1080. The summed E-state index contributed by atoms with van der Waals surface area (Å²) in [7, 11) is 1.39. The molecule has 1 N–H and O–H groups in total. The van der Waals surface area contributed by atoms with Gasteiger partial charge in [0, 0.05) is 17.3 Å². The number of ether oxygens (including phenoxy) is 2. The van der Waals surface area contributed by atoms with Gasteiger partial charge in [-0.3, -0.25) is 14.5 Å². The molecule has 2 aliphatic rings. The molecular formula is C24H23IN2O5S. The number of methoxy groups -OCH3 is 1. The third kappa shape index (κ3) is 4.67. The molecule has 0 aliphatic carbocycles.